The van der Waals surface area contributed by atoms with Crippen molar-refractivity contribution >= 4 is 5.91 Å². The first-order valence-electron chi connectivity index (χ1n) is 10.1. The van der Waals surface area contributed by atoms with Crippen LogP contribution in [0.3, 0.4) is 0 Å². The number of carbonyl (C=O) groups excluding carboxylic acids is 1. The van der Waals surface area contributed by atoms with E-state index in [-0.39, 0.29) is 5.91 Å². The third-order valence-corrected chi connectivity index (χ3v) is 5.71. The van der Waals surface area contributed by atoms with Gasteiger partial charge in [-0.2, -0.15) is 5.10 Å². The fourth-order valence-corrected chi connectivity index (χ4v) is 4.08. The summed E-state index contributed by atoms with van der Waals surface area (Å²) >= 11 is 0. The molecule has 0 radical (unpaired) electrons. The highest BCUT2D eigenvalue weighted by Crippen LogP contribution is 2.27. The molecular formula is C22H27N5O2. The predicted octanol–water partition coefficient (Wildman–Crippen LogP) is 2.37. The zero-order valence-corrected chi connectivity index (χ0v) is 17.0. The molecule has 4 rings (SSSR count). The molecule has 1 aliphatic carbocycles. The van der Waals surface area contributed by atoms with E-state index in [9.17, 15) is 4.79 Å². The largest absolute Gasteiger partial charge is 0.364 e. The number of aryl methyl sites for hydroxylation is 1. The van der Waals surface area contributed by atoms with E-state index >= 15 is 0 Å². The van der Waals surface area contributed by atoms with Gasteiger partial charge in [0.05, 0.1) is 5.69 Å². The van der Waals surface area contributed by atoms with Crippen LogP contribution in [0.25, 0.3) is 0 Å². The number of rotatable bonds is 7. The molecule has 0 fully saturated rings. The molecule has 2 aromatic heterocycles. The normalized spacial score (nSPS) is 16.0. The summed E-state index contributed by atoms with van der Waals surface area (Å²) in [5.74, 6) is -0.0856. The SMILES string of the molecule is CN(Cc1ccon1)C1CCc2c(c(C(=O)NCCc3ccccc3)nn2C)C1. The number of amides is 1. The predicted molar refractivity (Wildman–Crippen MR) is 109 cm³/mol. The van der Waals surface area contributed by atoms with Gasteiger partial charge in [-0.25, -0.2) is 0 Å². The molecule has 7 heteroatoms. The highest BCUT2D eigenvalue weighted by molar-refractivity contribution is 5.94. The summed E-state index contributed by atoms with van der Waals surface area (Å²) in [5, 5.41) is 11.6. The van der Waals surface area contributed by atoms with Crippen LogP contribution in [0.15, 0.2) is 47.2 Å². The van der Waals surface area contributed by atoms with Crippen molar-refractivity contribution in [1.82, 2.24) is 25.2 Å². The molecule has 1 atom stereocenters. The average Bonchev–Trinajstić information content (AvgIpc) is 3.36. The van der Waals surface area contributed by atoms with Gasteiger partial charge in [-0.15, -0.1) is 0 Å². The minimum absolute atomic E-state index is 0.0856. The number of likely N-dealkylation sites (N-methyl/N-ethyl adjacent to an activating group) is 1. The summed E-state index contributed by atoms with van der Waals surface area (Å²) in [6, 6.07) is 12.4. The highest BCUT2D eigenvalue weighted by Gasteiger charge is 2.30. The molecule has 2 heterocycles. The van der Waals surface area contributed by atoms with E-state index in [2.05, 4.69) is 39.7 Å². The second-order valence-corrected chi connectivity index (χ2v) is 7.69. The number of benzene rings is 1. The lowest BCUT2D eigenvalue weighted by Crippen LogP contribution is -2.37. The van der Waals surface area contributed by atoms with Crippen molar-refractivity contribution in [2.75, 3.05) is 13.6 Å². The van der Waals surface area contributed by atoms with Crippen molar-refractivity contribution in [2.45, 2.75) is 38.3 Å². The Kier molecular flexibility index (Phi) is 5.76. The van der Waals surface area contributed by atoms with Crippen LogP contribution in [0.2, 0.25) is 0 Å². The molecule has 7 nitrogen and oxygen atoms in total. The number of nitrogens with zero attached hydrogens (tertiary/aromatic N) is 4. The van der Waals surface area contributed by atoms with Crippen LogP contribution in [0, 0.1) is 0 Å². The average molecular weight is 393 g/mol. The number of hydrogen-bond acceptors (Lipinski definition) is 5. The second-order valence-electron chi connectivity index (χ2n) is 7.69. The van der Waals surface area contributed by atoms with E-state index in [0.717, 1.165) is 43.5 Å². The van der Waals surface area contributed by atoms with Crippen molar-refractivity contribution in [3.63, 3.8) is 0 Å². The maximum Gasteiger partial charge on any atom is 0.272 e. The fraction of sp³-hybridized carbons (Fsp3) is 0.409. The lowest BCUT2D eigenvalue weighted by Gasteiger charge is -2.31. The van der Waals surface area contributed by atoms with Crippen LogP contribution in [0.5, 0.6) is 0 Å². The first-order chi connectivity index (χ1) is 14.1. The first kappa shape index (κ1) is 19.4. The van der Waals surface area contributed by atoms with Gasteiger partial charge >= 0.3 is 0 Å². The van der Waals surface area contributed by atoms with Gasteiger partial charge in [-0.05, 0) is 38.3 Å². The third kappa shape index (κ3) is 4.40. The van der Waals surface area contributed by atoms with Crippen molar-refractivity contribution in [3.8, 4) is 0 Å². The molecule has 152 valence electrons. The van der Waals surface area contributed by atoms with Gasteiger partial charge in [-0.1, -0.05) is 35.5 Å². The van der Waals surface area contributed by atoms with E-state index in [1.54, 1.807) is 6.26 Å². The summed E-state index contributed by atoms with van der Waals surface area (Å²) in [6.45, 7) is 1.33. The molecule has 1 amide bonds. The molecule has 3 aromatic rings. The lowest BCUT2D eigenvalue weighted by molar-refractivity contribution is 0.0946. The molecule has 0 saturated carbocycles. The Labute approximate surface area is 170 Å². The van der Waals surface area contributed by atoms with Gasteiger partial charge in [-0.3, -0.25) is 14.4 Å². The van der Waals surface area contributed by atoms with Crippen molar-refractivity contribution in [2.24, 2.45) is 7.05 Å². The summed E-state index contributed by atoms with van der Waals surface area (Å²) < 4.78 is 6.81. The van der Waals surface area contributed by atoms with E-state index in [4.69, 9.17) is 4.52 Å². The van der Waals surface area contributed by atoms with E-state index < -0.39 is 0 Å². The van der Waals surface area contributed by atoms with Crippen LogP contribution in [-0.2, 0) is 32.9 Å². The fourth-order valence-electron chi connectivity index (χ4n) is 4.08. The smallest absolute Gasteiger partial charge is 0.272 e. The van der Waals surface area contributed by atoms with Gasteiger partial charge < -0.3 is 9.84 Å². The lowest BCUT2D eigenvalue weighted by atomic mass is 9.90. The molecule has 29 heavy (non-hydrogen) atoms. The minimum atomic E-state index is -0.0856. The Morgan fingerprint density at radius 3 is 2.90 bits per heavy atom. The topological polar surface area (TPSA) is 76.2 Å². The van der Waals surface area contributed by atoms with Crippen LogP contribution >= 0.6 is 0 Å². The molecule has 1 unspecified atom stereocenters. The second kappa shape index (κ2) is 8.61. The molecule has 0 spiro atoms. The minimum Gasteiger partial charge on any atom is -0.364 e. The molecule has 0 bridgehead atoms. The molecule has 1 aromatic carbocycles. The molecule has 1 N–H and O–H groups in total. The maximum atomic E-state index is 12.8. The quantitative estimate of drug-likeness (QED) is 0.667. The van der Waals surface area contributed by atoms with Crippen molar-refractivity contribution < 1.29 is 9.32 Å². The van der Waals surface area contributed by atoms with Gasteiger partial charge in [0, 0.05) is 43.5 Å². The zero-order valence-electron chi connectivity index (χ0n) is 17.0. The third-order valence-electron chi connectivity index (χ3n) is 5.71. The summed E-state index contributed by atoms with van der Waals surface area (Å²) in [5.41, 5.74) is 4.95. The Morgan fingerprint density at radius 2 is 2.14 bits per heavy atom. The van der Waals surface area contributed by atoms with Crippen LogP contribution in [0.1, 0.15) is 39.4 Å². The van der Waals surface area contributed by atoms with E-state index in [0.29, 0.717) is 18.3 Å². The Bertz CT molecular complexity index is 949. The Balaban J connectivity index is 1.41. The van der Waals surface area contributed by atoms with E-state index in [1.807, 2.05) is 36.0 Å². The van der Waals surface area contributed by atoms with E-state index in [1.165, 1.54) is 11.3 Å². The van der Waals surface area contributed by atoms with Crippen LogP contribution in [-0.4, -0.2) is 45.4 Å². The number of hydrogen-bond donors (Lipinski definition) is 1. The standard InChI is InChI=1S/C22H27N5O2/c1-26(15-17-11-13-29-25-17)18-8-9-20-19(14-18)21(24-27(20)2)22(28)23-12-10-16-6-4-3-5-7-16/h3-7,11,13,18H,8-10,12,14-15H2,1-2H3,(H,23,28). The first-order valence-corrected chi connectivity index (χ1v) is 10.1. The van der Waals surface area contributed by atoms with Crippen LogP contribution < -0.4 is 5.32 Å². The monoisotopic (exact) mass is 393 g/mol. The highest BCUT2D eigenvalue weighted by atomic mass is 16.5. The molecular weight excluding hydrogens is 366 g/mol. The summed E-state index contributed by atoms with van der Waals surface area (Å²) in [7, 11) is 4.03. The number of aromatic nitrogens is 3. The molecule has 0 saturated heterocycles. The summed E-state index contributed by atoms with van der Waals surface area (Å²) in [6.07, 6.45) is 5.19. The Morgan fingerprint density at radius 1 is 1.31 bits per heavy atom. The van der Waals surface area contributed by atoms with Crippen molar-refractivity contribution in [1.29, 1.82) is 0 Å². The number of carbonyl (C=O) groups is 1. The maximum absolute atomic E-state index is 12.8. The Hall–Kier alpha value is -2.93. The molecule has 0 aliphatic heterocycles. The van der Waals surface area contributed by atoms with Gasteiger partial charge in [0.2, 0.25) is 0 Å². The van der Waals surface area contributed by atoms with Crippen molar-refractivity contribution in [3.05, 3.63) is 70.9 Å². The molecule has 1 aliphatic rings. The number of fused-ring (bicyclic) bond motifs is 1. The van der Waals surface area contributed by atoms with Crippen LogP contribution in [0.4, 0.5) is 0 Å². The van der Waals surface area contributed by atoms with Gasteiger partial charge in [0.1, 0.15) is 6.26 Å². The summed E-state index contributed by atoms with van der Waals surface area (Å²) in [4.78, 5) is 15.1. The van der Waals surface area contributed by atoms with Gasteiger partial charge in [0.25, 0.3) is 5.91 Å². The number of nitrogens with one attached hydrogen (secondary N) is 1. The van der Waals surface area contributed by atoms with Gasteiger partial charge in [0.15, 0.2) is 5.69 Å². The zero-order chi connectivity index (χ0) is 20.2.